The Morgan fingerprint density at radius 1 is 0.850 bits per heavy atom. The van der Waals surface area contributed by atoms with Crippen molar-refractivity contribution in [3.8, 4) is 23.0 Å². The Bertz CT molecular complexity index is 1420. The molecular formula is C27H28F3NO8S. The highest BCUT2D eigenvalue weighted by atomic mass is 32.2. The van der Waals surface area contributed by atoms with Gasteiger partial charge >= 0.3 is 16.3 Å². The molecule has 1 amide bonds. The van der Waals surface area contributed by atoms with Crippen LogP contribution < -0.4 is 18.4 Å². The number of hydrogen-bond donors (Lipinski definition) is 0. The SMILES string of the molecule is COCCN(Cc1ccc(OC)c(OS(=O)(=O)c2cccc(C(F)(F)F)c2)c1)C(=O)c1cc(OC)cc(OC)c1. The Labute approximate surface area is 230 Å². The normalized spacial score (nSPS) is 11.6. The summed E-state index contributed by atoms with van der Waals surface area (Å²) < 4.78 is 91.2. The number of alkyl halides is 3. The van der Waals surface area contributed by atoms with Crippen LogP contribution >= 0.6 is 0 Å². The van der Waals surface area contributed by atoms with E-state index in [0.29, 0.717) is 23.1 Å². The van der Waals surface area contributed by atoms with Crippen molar-refractivity contribution < 1.29 is 49.5 Å². The fourth-order valence-corrected chi connectivity index (χ4v) is 4.65. The summed E-state index contributed by atoms with van der Waals surface area (Å²) >= 11 is 0. The molecule has 0 heterocycles. The molecule has 0 saturated carbocycles. The summed E-state index contributed by atoms with van der Waals surface area (Å²) in [5, 5.41) is 0. The van der Waals surface area contributed by atoms with Gasteiger partial charge in [0, 0.05) is 31.8 Å². The van der Waals surface area contributed by atoms with Crippen LogP contribution in [-0.2, 0) is 27.6 Å². The molecule has 9 nitrogen and oxygen atoms in total. The van der Waals surface area contributed by atoms with Gasteiger partial charge in [0.25, 0.3) is 5.91 Å². The number of hydrogen-bond acceptors (Lipinski definition) is 8. The van der Waals surface area contributed by atoms with E-state index in [2.05, 4.69) is 0 Å². The summed E-state index contributed by atoms with van der Waals surface area (Å²) in [5.74, 6) is 0.193. The summed E-state index contributed by atoms with van der Waals surface area (Å²) in [6.45, 7) is 0.390. The first-order valence-electron chi connectivity index (χ1n) is 11.7. The van der Waals surface area contributed by atoms with Crippen molar-refractivity contribution in [1.82, 2.24) is 4.90 Å². The predicted molar refractivity (Wildman–Crippen MR) is 138 cm³/mol. The minimum Gasteiger partial charge on any atom is -0.497 e. The molecule has 0 radical (unpaired) electrons. The Morgan fingerprint density at radius 2 is 1.52 bits per heavy atom. The number of amides is 1. The fraction of sp³-hybridized carbons (Fsp3) is 0.296. The maximum atomic E-state index is 13.4. The van der Waals surface area contributed by atoms with Gasteiger partial charge in [-0.15, -0.1) is 0 Å². The number of carbonyl (C=O) groups excluding carboxylic acids is 1. The van der Waals surface area contributed by atoms with E-state index >= 15 is 0 Å². The minimum absolute atomic E-state index is 0.00563. The molecule has 0 aliphatic heterocycles. The quantitative estimate of drug-likeness (QED) is 0.281. The van der Waals surface area contributed by atoms with E-state index in [1.807, 2.05) is 0 Å². The Hall–Kier alpha value is -3.97. The van der Waals surface area contributed by atoms with Gasteiger partial charge < -0.3 is 28.0 Å². The molecule has 0 saturated heterocycles. The average molecular weight is 584 g/mol. The molecule has 0 N–H and O–H groups in total. The number of benzene rings is 3. The van der Waals surface area contributed by atoms with Crippen molar-refractivity contribution in [3.05, 3.63) is 77.4 Å². The van der Waals surface area contributed by atoms with E-state index in [9.17, 15) is 26.4 Å². The molecule has 3 rings (SSSR count). The van der Waals surface area contributed by atoms with Crippen LogP contribution in [0.4, 0.5) is 13.2 Å². The summed E-state index contributed by atoms with van der Waals surface area (Å²) in [7, 11) is 1.00. The van der Waals surface area contributed by atoms with E-state index < -0.39 is 26.8 Å². The Morgan fingerprint density at radius 3 is 2.10 bits per heavy atom. The van der Waals surface area contributed by atoms with Gasteiger partial charge in [0.2, 0.25) is 0 Å². The highest BCUT2D eigenvalue weighted by molar-refractivity contribution is 7.87. The van der Waals surface area contributed by atoms with Crippen LogP contribution in [-0.4, -0.2) is 60.8 Å². The number of halogens is 3. The first kappa shape index (κ1) is 30.6. The molecule has 0 fully saturated rings. The molecular weight excluding hydrogens is 555 g/mol. The Kier molecular flexibility index (Phi) is 9.88. The fourth-order valence-electron chi connectivity index (χ4n) is 3.67. The summed E-state index contributed by atoms with van der Waals surface area (Å²) in [6.07, 6.45) is -4.74. The number of methoxy groups -OCH3 is 4. The second-order valence-electron chi connectivity index (χ2n) is 8.37. The minimum atomic E-state index is -4.74. The number of carbonyl (C=O) groups is 1. The lowest BCUT2D eigenvalue weighted by molar-refractivity contribution is -0.137. The van der Waals surface area contributed by atoms with Crippen LogP contribution in [0.2, 0.25) is 0 Å². The molecule has 0 spiro atoms. The van der Waals surface area contributed by atoms with E-state index in [4.69, 9.17) is 23.1 Å². The van der Waals surface area contributed by atoms with Crippen molar-refractivity contribution in [2.45, 2.75) is 17.6 Å². The molecule has 3 aromatic carbocycles. The highest BCUT2D eigenvalue weighted by Gasteiger charge is 2.32. The van der Waals surface area contributed by atoms with Crippen molar-refractivity contribution in [2.24, 2.45) is 0 Å². The summed E-state index contributed by atoms with van der Waals surface area (Å²) in [4.78, 5) is 14.2. The molecule has 0 aliphatic carbocycles. The zero-order valence-electron chi connectivity index (χ0n) is 22.2. The lowest BCUT2D eigenvalue weighted by Gasteiger charge is -2.23. The maximum Gasteiger partial charge on any atom is 0.416 e. The van der Waals surface area contributed by atoms with Gasteiger partial charge in [0.15, 0.2) is 11.5 Å². The molecule has 40 heavy (non-hydrogen) atoms. The lowest BCUT2D eigenvalue weighted by atomic mass is 10.1. The molecule has 0 unspecified atom stereocenters. The molecule has 13 heteroatoms. The van der Waals surface area contributed by atoms with Crippen LogP contribution in [0.1, 0.15) is 21.5 Å². The van der Waals surface area contributed by atoms with E-state index in [1.165, 1.54) is 45.5 Å². The third kappa shape index (κ3) is 7.57. The van der Waals surface area contributed by atoms with Crippen LogP contribution in [0.15, 0.2) is 65.6 Å². The summed E-state index contributed by atoms with van der Waals surface area (Å²) in [5.41, 5.74) is -0.405. The monoisotopic (exact) mass is 583 g/mol. The van der Waals surface area contributed by atoms with Crippen molar-refractivity contribution in [1.29, 1.82) is 0 Å². The van der Waals surface area contributed by atoms with Crippen LogP contribution in [0.25, 0.3) is 0 Å². The number of nitrogens with zero attached hydrogens (tertiary/aromatic N) is 1. The molecule has 3 aromatic rings. The topological polar surface area (TPSA) is 101 Å². The smallest absolute Gasteiger partial charge is 0.416 e. The highest BCUT2D eigenvalue weighted by Crippen LogP contribution is 2.34. The Balaban J connectivity index is 1.94. The first-order valence-corrected chi connectivity index (χ1v) is 13.1. The van der Waals surface area contributed by atoms with Gasteiger partial charge in [0.05, 0.1) is 33.5 Å². The van der Waals surface area contributed by atoms with Gasteiger partial charge in [-0.1, -0.05) is 12.1 Å². The lowest BCUT2D eigenvalue weighted by Crippen LogP contribution is -2.33. The predicted octanol–water partition coefficient (Wildman–Crippen LogP) is 4.79. The molecule has 216 valence electrons. The third-order valence-electron chi connectivity index (χ3n) is 5.70. The van der Waals surface area contributed by atoms with Gasteiger partial charge in [-0.3, -0.25) is 4.79 Å². The van der Waals surface area contributed by atoms with E-state index in [-0.39, 0.29) is 42.7 Å². The van der Waals surface area contributed by atoms with Gasteiger partial charge in [-0.25, -0.2) is 0 Å². The van der Waals surface area contributed by atoms with E-state index in [1.54, 1.807) is 24.3 Å². The first-order chi connectivity index (χ1) is 18.9. The molecule has 0 aromatic heterocycles. The molecule has 0 atom stereocenters. The van der Waals surface area contributed by atoms with Crippen LogP contribution in [0, 0.1) is 0 Å². The third-order valence-corrected chi connectivity index (χ3v) is 6.93. The second kappa shape index (κ2) is 12.9. The number of ether oxygens (including phenoxy) is 4. The maximum absolute atomic E-state index is 13.4. The molecule has 0 bridgehead atoms. The standard InChI is InChI=1S/C27H28F3NO8S/c1-35-11-10-31(26(32)19-13-21(36-2)16-22(14-19)37-3)17-18-8-9-24(38-4)25(12-18)39-40(33,34)23-7-5-6-20(15-23)27(28,29)30/h5-9,12-16H,10-11,17H2,1-4H3. The van der Waals surface area contributed by atoms with Crippen molar-refractivity contribution in [2.75, 3.05) is 41.6 Å². The van der Waals surface area contributed by atoms with Crippen LogP contribution in [0.3, 0.4) is 0 Å². The second-order valence-corrected chi connectivity index (χ2v) is 9.92. The average Bonchev–Trinajstić information content (AvgIpc) is 2.94. The zero-order valence-corrected chi connectivity index (χ0v) is 23.0. The molecule has 0 aliphatic rings. The largest absolute Gasteiger partial charge is 0.497 e. The van der Waals surface area contributed by atoms with Gasteiger partial charge in [0.1, 0.15) is 16.4 Å². The van der Waals surface area contributed by atoms with Gasteiger partial charge in [-0.2, -0.15) is 21.6 Å². The van der Waals surface area contributed by atoms with Crippen molar-refractivity contribution in [3.63, 3.8) is 0 Å². The summed E-state index contributed by atoms with van der Waals surface area (Å²) in [6, 6.07) is 12.3. The van der Waals surface area contributed by atoms with E-state index in [0.717, 1.165) is 18.2 Å². The number of rotatable bonds is 12. The van der Waals surface area contributed by atoms with Crippen molar-refractivity contribution >= 4 is 16.0 Å². The van der Waals surface area contributed by atoms with Crippen LogP contribution in [0.5, 0.6) is 23.0 Å². The zero-order chi connectivity index (χ0) is 29.5. The van der Waals surface area contributed by atoms with Gasteiger partial charge in [-0.05, 0) is 48.0 Å².